The monoisotopic (exact) mass is 452 g/mol. The molecule has 0 aliphatic rings. The van der Waals surface area contributed by atoms with Crippen molar-refractivity contribution in [2.24, 2.45) is 0 Å². The Labute approximate surface area is 141 Å². The van der Waals surface area contributed by atoms with Crippen LogP contribution in [0.4, 0.5) is 0 Å². The van der Waals surface area contributed by atoms with Gasteiger partial charge in [-0.3, -0.25) is 0 Å². The summed E-state index contributed by atoms with van der Waals surface area (Å²) < 4.78 is 0. The predicted octanol–water partition coefficient (Wildman–Crippen LogP) is -18.0. The summed E-state index contributed by atoms with van der Waals surface area (Å²) in [5, 5.41) is 0. The maximum absolute atomic E-state index is 0. The average molecular weight is 454 g/mol. The smallest absolute Gasteiger partial charge is 1.00 e. The van der Waals surface area contributed by atoms with E-state index in [1.54, 1.807) is 0 Å². The van der Waals surface area contributed by atoms with Crippen LogP contribution in [0, 0.1) is 31.1 Å². The minimum atomic E-state index is 0. The second kappa shape index (κ2) is 49.4. The molecule has 0 spiro atoms. The molecule has 0 radical (unpaired) electrons. The van der Waals surface area contributed by atoms with Crippen LogP contribution in [-0.2, 0) is 0 Å². The van der Waals surface area contributed by atoms with Crippen LogP contribution in [0.15, 0.2) is 0 Å². The third-order valence-corrected chi connectivity index (χ3v) is 0. The van der Waals surface area contributed by atoms with E-state index in [0.29, 0.717) is 0 Å². The number of hydrogen-bond donors (Lipinski definition) is 0. The first-order chi connectivity index (χ1) is 0. The van der Waals surface area contributed by atoms with E-state index in [4.69, 9.17) is 0 Å². The van der Waals surface area contributed by atoms with Gasteiger partial charge in [0, 0.05) is 31.1 Å². The Morgan fingerprint density at radius 2 is 0.429 bits per heavy atom. The van der Waals surface area contributed by atoms with Gasteiger partial charge in [0.15, 0.2) is 0 Å². The van der Waals surface area contributed by atoms with Crippen molar-refractivity contribution in [2.45, 2.75) is 0 Å². The third kappa shape index (κ3) is 39.2. The topological polar surface area (TPSA) is 0 Å². The Bertz CT molecular complexity index is 8.04. The van der Waals surface area contributed by atoms with E-state index >= 15 is 0 Å². The Morgan fingerprint density at radius 3 is 0.429 bits per heavy atom. The summed E-state index contributed by atoms with van der Waals surface area (Å²) in [6.45, 7) is 0. The number of halogens is 5. The first-order valence-corrected chi connectivity index (χ1v) is 0. The van der Waals surface area contributed by atoms with E-state index in [1.807, 2.05) is 0 Å². The third-order valence-electron chi connectivity index (χ3n) is 0. The molecular formula is Cl5KU-4. The van der Waals surface area contributed by atoms with Gasteiger partial charge in [0.2, 0.25) is 0 Å². The van der Waals surface area contributed by atoms with E-state index in [2.05, 4.69) is 0 Å². The van der Waals surface area contributed by atoms with Crippen LogP contribution in [0.3, 0.4) is 0 Å². The molecular weight excluding hydrogens is 454 g/mol. The van der Waals surface area contributed by atoms with Crippen molar-refractivity contribution in [1.82, 2.24) is 0 Å². The molecule has 0 heterocycles. The normalized spacial score (nSPS) is 0. The molecule has 0 fully saturated rings. The molecule has 7 heteroatoms. The van der Waals surface area contributed by atoms with Gasteiger partial charge >= 0.3 is 51.4 Å². The molecule has 44 valence electrons. The van der Waals surface area contributed by atoms with Gasteiger partial charge in [0.1, 0.15) is 0 Å². The molecule has 0 aromatic carbocycles. The molecule has 0 aliphatic heterocycles. The number of hydrogen-bond acceptors (Lipinski definition) is 0. The summed E-state index contributed by atoms with van der Waals surface area (Å²) in [5.41, 5.74) is 0. The van der Waals surface area contributed by atoms with E-state index < -0.39 is 0 Å². The van der Waals surface area contributed by atoms with E-state index in [9.17, 15) is 0 Å². The van der Waals surface area contributed by atoms with E-state index in [1.165, 1.54) is 0 Å². The first kappa shape index (κ1) is 66.9. The largest absolute Gasteiger partial charge is 1.00 e. The molecule has 0 unspecified atom stereocenters. The zero-order chi connectivity index (χ0) is 0. The minimum absolute atomic E-state index is 0. The standard InChI is InChI=1S/5ClH.K.U/h5*1H;;/q;;;;;+1;/p-5. The molecule has 0 aromatic heterocycles. The molecule has 7 heavy (non-hydrogen) atoms. The summed E-state index contributed by atoms with van der Waals surface area (Å²) in [4.78, 5) is 0. The van der Waals surface area contributed by atoms with Gasteiger partial charge in [-0.05, 0) is 0 Å². The van der Waals surface area contributed by atoms with Crippen molar-refractivity contribution in [3.63, 3.8) is 0 Å². The summed E-state index contributed by atoms with van der Waals surface area (Å²) >= 11 is 0. The van der Waals surface area contributed by atoms with Crippen LogP contribution in [0.2, 0.25) is 0 Å². The second-order valence-corrected chi connectivity index (χ2v) is 0. The maximum Gasteiger partial charge on any atom is 1.00 e. The van der Waals surface area contributed by atoms with Gasteiger partial charge in [-0.1, -0.05) is 0 Å². The molecule has 0 saturated heterocycles. The van der Waals surface area contributed by atoms with Gasteiger partial charge in [0.05, 0.1) is 0 Å². The molecule has 0 atom stereocenters. The molecule has 0 bridgehead atoms. The fraction of sp³-hybridized carbons (Fsp3) is 0. The van der Waals surface area contributed by atoms with Gasteiger partial charge < -0.3 is 62.0 Å². The van der Waals surface area contributed by atoms with Gasteiger partial charge in [-0.2, -0.15) is 0 Å². The quantitative estimate of drug-likeness (QED) is 0.319. The van der Waals surface area contributed by atoms with Crippen LogP contribution in [-0.4, -0.2) is 0 Å². The van der Waals surface area contributed by atoms with Crippen molar-refractivity contribution < 1.29 is 145 Å². The first-order valence-electron chi connectivity index (χ1n) is 0. The van der Waals surface area contributed by atoms with Crippen LogP contribution < -0.4 is 113 Å². The van der Waals surface area contributed by atoms with Crippen LogP contribution >= 0.6 is 0 Å². The van der Waals surface area contributed by atoms with Gasteiger partial charge in [-0.25, -0.2) is 0 Å². The molecule has 0 nitrogen and oxygen atoms in total. The van der Waals surface area contributed by atoms with E-state index in [-0.39, 0.29) is 145 Å². The van der Waals surface area contributed by atoms with Crippen molar-refractivity contribution >= 4 is 0 Å². The maximum atomic E-state index is 0. The zero-order valence-electron chi connectivity index (χ0n) is 3.39. The number of rotatable bonds is 0. The van der Waals surface area contributed by atoms with Crippen molar-refractivity contribution in [2.75, 3.05) is 0 Å². The Balaban J connectivity index is 0. The molecule has 0 amide bonds. The minimum Gasteiger partial charge on any atom is -1.00 e. The average Bonchev–Trinajstić information content (AvgIpc) is 0. The van der Waals surface area contributed by atoms with Gasteiger partial charge in [-0.15, -0.1) is 0 Å². The zero-order valence-corrected chi connectivity index (χ0v) is 14.5. The Kier molecular flexibility index (Phi) is 472. The molecule has 0 N–H and O–H groups in total. The fourth-order valence-electron chi connectivity index (χ4n) is 0. The van der Waals surface area contributed by atoms with Crippen LogP contribution in [0.25, 0.3) is 0 Å². The molecule has 0 saturated carbocycles. The Morgan fingerprint density at radius 1 is 0.429 bits per heavy atom. The summed E-state index contributed by atoms with van der Waals surface area (Å²) in [6, 6.07) is 0. The summed E-state index contributed by atoms with van der Waals surface area (Å²) in [5.74, 6) is 0. The fourth-order valence-corrected chi connectivity index (χ4v) is 0. The van der Waals surface area contributed by atoms with E-state index in [0.717, 1.165) is 0 Å². The molecule has 0 aliphatic carbocycles. The van der Waals surface area contributed by atoms with Crippen molar-refractivity contribution in [3.8, 4) is 0 Å². The predicted molar refractivity (Wildman–Crippen MR) is 0 cm³/mol. The van der Waals surface area contributed by atoms with Crippen LogP contribution in [0.5, 0.6) is 0 Å². The second-order valence-electron chi connectivity index (χ2n) is 0. The summed E-state index contributed by atoms with van der Waals surface area (Å²) in [6.07, 6.45) is 0. The summed E-state index contributed by atoms with van der Waals surface area (Å²) in [7, 11) is 0. The van der Waals surface area contributed by atoms with Crippen molar-refractivity contribution in [3.05, 3.63) is 0 Å². The van der Waals surface area contributed by atoms with Gasteiger partial charge in [0.25, 0.3) is 0 Å². The van der Waals surface area contributed by atoms with Crippen molar-refractivity contribution in [1.29, 1.82) is 0 Å². The molecule has 0 aromatic rings. The Hall–Kier alpha value is 4.14. The van der Waals surface area contributed by atoms with Crippen LogP contribution in [0.1, 0.15) is 0 Å². The SMILES string of the molecule is [Cl-].[Cl-].[Cl-].[Cl-].[Cl-].[K+].[U]. The molecule has 0 rings (SSSR count).